The maximum Gasteiger partial charge on any atom is 0.306 e. The summed E-state index contributed by atoms with van der Waals surface area (Å²) in [7, 11) is 5.43. The Morgan fingerprint density at radius 1 is 0.462 bits per heavy atom. The Balaban J connectivity index is 4.15. The van der Waals surface area contributed by atoms with Gasteiger partial charge >= 0.3 is 11.9 Å². The number of carboxylic acids is 1. The number of hydrogen-bond acceptors (Lipinski definition) is 7. The van der Waals surface area contributed by atoms with E-state index in [-0.39, 0.29) is 42.7 Å². The molecule has 0 aromatic heterocycles. The van der Waals surface area contributed by atoms with Crippen LogP contribution in [-0.4, -0.2) is 75.5 Å². The molecule has 382 valence electrons. The summed E-state index contributed by atoms with van der Waals surface area (Å²) in [6.07, 6.45) is 56.4. The minimum atomic E-state index is -1.12. The number of rotatable bonds is 51. The fourth-order valence-corrected chi connectivity index (χ4v) is 8.54. The van der Waals surface area contributed by atoms with E-state index in [0.717, 1.165) is 38.5 Å². The molecule has 0 amide bonds. The molecule has 0 saturated heterocycles. The van der Waals surface area contributed by atoms with Crippen molar-refractivity contribution in [1.82, 2.24) is 0 Å². The van der Waals surface area contributed by atoms with Crippen LogP contribution in [0.1, 0.15) is 271 Å². The summed E-state index contributed by atoms with van der Waals surface area (Å²) in [5.41, 5.74) is 0. The maximum atomic E-state index is 12.8. The number of carbonyl (C=O) groups excluding carboxylic acids is 3. The summed E-state index contributed by atoms with van der Waals surface area (Å²) in [5.74, 6) is -1.72. The minimum Gasteiger partial charge on any atom is -0.544 e. The molecule has 0 fully saturated rings. The number of quaternary nitrogens is 1. The predicted molar refractivity (Wildman–Crippen MR) is 273 cm³/mol. The zero-order valence-corrected chi connectivity index (χ0v) is 43.7. The normalized spacial score (nSPS) is 12.9. The van der Waals surface area contributed by atoms with Crippen LogP contribution in [0, 0.1) is 0 Å². The van der Waals surface area contributed by atoms with Crippen LogP contribution < -0.4 is 5.11 Å². The molecule has 0 saturated carbocycles. The number of esters is 2. The number of carboxylic acid groups (broad SMARTS) is 1. The monoisotopic (exact) mass is 918 g/mol. The average molecular weight is 918 g/mol. The van der Waals surface area contributed by atoms with E-state index in [4.69, 9.17) is 14.2 Å². The number of carbonyl (C=O) groups is 3. The summed E-state index contributed by atoms with van der Waals surface area (Å²) in [6, 6.07) is -0.724. The van der Waals surface area contributed by atoms with E-state index in [0.29, 0.717) is 12.8 Å². The molecular formula is C57H107NO7. The number of likely N-dealkylation sites (N-methyl/N-ethyl adjacent to an activating group) is 1. The van der Waals surface area contributed by atoms with Gasteiger partial charge in [-0.1, -0.05) is 237 Å². The molecule has 2 atom stereocenters. The maximum absolute atomic E-state index is 12.8. The van der Waals surface area contributed by atoms with E-state index in [2.05, 4.69) is 38.2 Å². The number of aliphatic carboxylic acids is 1. The van der Waals surface area contributed by atoms with Crippen LogP contribution in [0.3, 0.4) is 0 Å². The summed E-state index contributed by atoms with van der Waals surface area (Å²) in [5, 5.41) is 11.7. The van der Waals surface area contributed by atoms with Gasteiger partial charge in [-0.15, -0.1) is 0 Å². The Morgan fingerprint density at radius 2 is 0.800 bits per heavy atom. The van der Waals surface area contributed by atoms with Crippen molar-refractivity contribution in [2.45, 2.75) is 283 Å². The molecule has 0 aliphatic carbocycles. The lowest BCUT2D eigenvalue weighted by Crippen LogP contribution is -2.55. The third-order valence-corrected chi connectivity index (χ3v) is 12.9. The van der Waals surface area contributed by atoms with Crippen LogP contribution in [0.25, 0.3) is 0 Å². The van der Waals surface area contributed by atoms with Gasteiger partial charge in [-0.25, -0.2) is 0 Å². The predicted octanol–water partition coefficient (Wildman–Crippen LogP) is 15.0. The number of unbranched alkanes of at least 4 members (excludes halogenated alkanes) is 34. The van der Waals surface area contributed by atoms with E-state index < -0.39 is 18.1 Å². The van der Waals surface area contributed by atoms with Crippen molar-refractivity contribution in [3.05, 3.63) is 24.3 Å². The lowest BCUT2D eigenvalue weighted by Gasteiger charge is -2.34. The van der Waals surface area contributed by atoms with Crippen LogP contribution in [0.5, 0.6) is 0 Å². The molecule has 0 heterocycles. The number of allylic oxidation sites excluding steroid dienone is 4. The number of nitrogens with zero attached hydrogens (tertiary/aromatic N) is 1. The molecule has 8 nitrogen and oxygen atoms in total. The molecule has 65 heavy (non-hydrogen) atoms. The lowest BCUT2D eigenvalue weighted by molar-refractivity contribution is -0.889. The molecule has 0 aliphatic rings. The first-order chi connectivity index (χ1) is 31.6. The smallest absolute Gasteiger partial charge is 0.306 e. The highest BCUT2D eigenvalue weighted by atomic mass is 16.6. The molecule has 8 heteroatoms. The van der Waals surface area contributed by atoms with Crippen LogP contribution in [-0.2, 0) is 28.6 Å². The highest BCUT2D eigenvalue weighted by molar-refractivity contribution is 5.70. The first-order valence-corrected chi connectivity index (χ1v) is 27.9. The van der Waals surface area contributed by atoms with E-state index >= 15 is 0 Å². The second-order valence-electron chi connectivity index (χ2n) is 20.2. The standard InChI is InChI=1S/C57H107NO7/c1-6-8-10-12-14-16-18-20-22-24-26-27-28-30-31-33-35-37-39-41-43-45-47-55(59)64-52-53(51-63-50-49-54(57(61)62)58(3,4)5)65-56(60)48-46-44-42-40-38-36-34-32-29-25-23-21-19-17-15-13-11-9-7-2/h15,17,19,21,53-54H,6-14,16,18,20,22-52H2,1-5H3/b17-15+,21-19+. The molecule has 0 aliphatic heterocycles. The van der Waals surface area contributed by atoms with Crippen molar-refractivity contribution < 1.29 is 38.2 Å². The quantitative estimate of drug-likeness (QED) is 0.0259. The Morgan fingerprint density at radius 3 is 1.18 bits per heavy atom. The number of hydrogen-bond donors (Lipinski definition) is 0. The van der Waals surface area contributed by atoms with Gasteiger partial charge in [0.2, 0.25) is 0 Å². The van der Waals surface area contributed by atoms with Crippen molar-refractivity contribution in [1.29, 1.82) is 0 Å². The minimum absolute atomic E-state index is 0.0442. The molecule has 0 bridgehead atoms. The van der Waals surface area contributed by atoms with Gasteiger partial charge < -0.3 is 28.6 Å². The second kappa shape index (κ2) is 48.3. The van der Waals surface area contributed by atoms with Crippen molar-refractivity contribution in [2.24, 2.45) is 0 Å². The van der Waals surface area contributed by atoms with Crippen molar-refractivity contribution >= 4 is 17.9 Å². The van der Waals surface area contributed by atoms with Gasteiger partial charge in [0.15, 0.2) is 6.10 Å². The van der Waals surface area contributed by atoms with E-state index in [1.54, 1.807) is 0 Å². The van der Waals surface area contributed by atoms with Crippen LogP contribution in [0.2, 0.25) is 0 Å². The lowest BCUT2D eigenvalue weighted by atomic mass is 10.0. The SMILES string of the molecule is CCCCC/C=C/C=C/CCCCCCCCCCCCC(=O)OC(COCCC(C(=O)[O-])[N+](C)(C)C)COC(=O)CCCCCCCCCCCCCCCCCCCCCCCC. The fraction of sp³-hybridized carbons (Fsp3) is 0.877. The van der Waals surface area contributed by atoms with Gasteiger partial charge in [-0.2, -0.15) is 0 Å². The molecule has 2 unspecified atom stereocenters. The third kappa shape index (κ3) is 46.7. The van der Waals surface area contributed by atoms with Crippen LogP contribution in [0.4, 0.5) is 0 Å². The van der Waals surface area contributed by atoms with Gasteiger partial charge in [-0.05, 0) is 38.5 Å². The first-order valence-electron chi connectivity index (χ1n) is 27.9. The molecule has 0 radical (unpaired) electrons. The van der Waals surface area contributed by atoms with Gasteiger partial charge in [0, 0.05) is 19.3 Å². The summed E-state index contributed by atoms with van der Waals surface area (Å²) < 4.78 is 17.3. The average Bonchev–Trinajstić information content (AvgIpc) is 3.27. The van der Waals surface area contributed by atoms with Crippen molar-refractivity contribution in [3.63, 3.8) is 0 Å². The molecule has 0 aromatic rings. The van der Waals surface area contributed by atoms with Gasteiger partial charge in [0.25, 0.3) is 0 Å². The van der Waals surface area contributed by atoms with E-state index in [1.807, 2.05) is 21.1 Å². The highest BCUT2D eigenvalue weighted by Crippen LogP contribution is 2.17. The largest absolute Gasteiger partial charge is 0.544 e. The Bertz CT molecular complexity index is 1120. The molecule has 0 N–H and O–H groups in total. The van der Waals surface area contributed by atoms with E-state index in [9.17, 15) is 19.5 Å². The fourth-order valence-electron chi connectivity index (χ4n) is 8.54. The second-order valence-corrected chi connectivity index (χ2v) is 20.2. The van der Waals surface area contributed by atoms with Crippen LogP contribution >= 0.6 is 0 Å². The Hall–Kier alpha value is -2.19. The Kier molecular flexibility index (Phi) is 46.6. The number of ether oxygens (including phenoxy) is 3. The Labute approximate surface area is 402 Å². The van der Waals surface area contributed by atoms with E-state index in [1.165, 1.54) is 199 Å². The molecular weight excluding hydrogens is 811 g/mol. The van der Waals surface area contributed by atoms with Gasteiger partial charge in [0.1, 0.15) is 12.6 Å². The zero-order valence-electron chi connectivity index (χ0n) is 43.7. The summed E-state index contributed by atoms with van der Waals surface area (Å²) in [4.78, 5) is 37.1. The van der Waals surface area contributed by atoms with Crippen molar-refractivity contribution in [2.75, 3.05) is 41.0 Å². The molecule has 0 rings (SSSR count). The van der Waals surface area contributed by atoms with Gasteiger partial charge in [0.05, 0.1) is 40.3 Å². The topological polar surface area (TPSA) is 102 Å². The zero-order chi connectivity index (χ0) is 47.7. The molecule has 0 aromatic carbocycles. The van der Waals surface area contributed by atoms with Gasteiger partial charge in [-0.3, -0.25) is 9.59 Å². The first kappa shape index (κ1) is 62.8. The molecule has 0 spiro atoms. The third-order valence-electron chi connectivity index (χ3n) is 12.9. The van der Waals surface area contributed by atoms with Crippen LogP contribution in [0.15, 0.2) is 24.3 Å². The highest BCUT2D eigenvalue weighted by Gasteiger charge is 2.25. The summed E-state index contributed by atoms with van der Waals surface area (Å²) in [6.45, 7) is 4.69. The van der Waals surface area contributed by atoms with Crippen molar-refractivity contribution in [3.8, 4) is 0 Å². The summed E-state index contributed by atoms with van der Waals surface area (Å²) >= 11 is 0.